The van der Waals surface area contributed by atoms with Crippen LogP contribution in [0, 0.1) is 15.5 Å². The fourth-order valence-electron chi connectivity index (χ4n) is 1.96. The molecule has 0 spiro atoms. The van der Waals surface area contributed by atoms with Gasteiger partial charge in [0.2, 0.25) is 5.91 Å². The monoisotopic (exact) mass is 341 g/mol. The maximum atomic E-state index is 12.3. The summed E-state index contributed by atoms with van der Waals surface area (Å²) in [5.74, 6) is -0.613. The summed E-state index contributed by atoms with van der Waals surface area (Å²) in [5, 5.41) is 16.2. The van der Waals surface area contributed by atoms with E-state index in [1.807, 2.05) is 0 Å². The molecule has 0 radical (unpaired) electrons. The minimum Gasteiger partial charge on any atom is -0.326 e. The van der Waals surface area contributed by atoms with Gasteiger partial charge in [-0.25, -0.2) is 0 Å². The number of carbonyl (C=O) groups is 2. The van der Waals surface area contributed by atoms with Crippen molar-refractivity contribution in [3.63, 3.8) is 0 Å². The number of carbonyl (C=O) groups excluding carboxylic acids is 2. The second kappa shape index (κ2) is 7.12. The molecule has 0 atom stereocenters. The standard InChI is InChI=1S/C18H19N3O4/c1-18(2,3)17(23)20-14-8-5-7-13(11-14)19-16(22)12-6-4-9-15(10-12)21(24)25/h4-11H,1-3H3,(H,19,22)(H,20,23). The summed E-state index contributed by atoms with van der Waals surface area (Å²) in [6.07, 6.45) is 0. The summed E-state index contributed by atoms with van der Waals surface area (Å²) in [4.78, 5) is 34.5. The number of non-ortho nitro benzene ring substituents is 1. The average Bonchev–Trinajstić information content (AvgIpc) is 2.54. The highest BCUT2D eigenvalue weighted by molar-refractivity contribution is 6.05. The van der Waals surface area contributed by atoms with E-state index in [1.54, 1.807) is 45.0 Å². The van der Waals surface area contributed by atoms with Crippen molar-refractivity contribution in [3.8, 4) is 0 Å². The second-order valence-electron chi connectivity index (χ2n) is 6.55. The highest BCUT2D eigenvalue weighted by Gasteiger charge is 2.21. The van der Waals surface area contributed by atoms with Crippen LogP contribution in [0.3, 0.4) is 0 Å². The Morgan fingerprint density at radius 3 is 2.16 bits per heavy atom. The Morgan fingerprint density at radius 1 is 0.960 bits per heavy atom. The van der Waals surface area contributed by atoms with E-state index in [4.69, 9.17) is 0 Å². The molecule has 7 nitrogen and oxygen atoms in total. The summed E-state index contributed by atoms with van der Waals surface area (Å²) in [6, 6.07) is 12.2. The zero-order chi connectivity index (χ0) is 18.6. The van der Waals surface area contributed by atoms with Gasteiger partial charge in [0, 0.05) is 34.5 Å². The molecule has 2 rings (SSSR count). The molecule has 0 heterocycles. The molecule has 130 valence electrons. The smallest absolute Gasteiger partial charge is 0.270 e. The first kappa shape index (κ1) is 18.1. The highest BCUT2D eigenvalue weighted by atomic mass is 16.6. The van der Waals surface area contributed by atoms with Gasteiger partial charge >= 0.3 is 0 Å². The van der Waals surface area contributed by atoms with Crippen LogP contribution in [0.25, 0.3) is 0 Å². The molecular formula is C18H19N3O4. The fraction of sp³-hybridized carbons (Fsp3) is 0.222. The molecule has 7 heteroatoms. The van der Waals surface area contributed by atoms with Gasteiger partial charge in [-0.15, -0.1) is 0 Å². The number of hydrogen-bond donors (Lipinski definition) is 2. The molecule has 0 bridgehead atoms. The predicted octanol–water partition coefficient (Wildman–Crippen LogP) is 3.83. The van der Waals surface area contributed by atoms with Crippen molar-refractivity contribution >= 4 is 28.9 Å². The molecule has 0 aromatic heterocycles. The molecule has 0 saturated heterocycles. The number of amides is 2. The summed E-state index contributed by atoms with van der Waals surface area (Å²) < 4.78 is 0. The first-order chi connectivity index (χ1) is 11.7. The lowest BCUT2D eigenvalue weighted by molar-refractivity contribution is -0.384. The van der Waals surface area contributed by atoms with E-state index in [0.29, 0.717) is 11.4 Å². The third kappa shape index (κ3) is 4.87. The van der Waals surface area contributed by atoms with Crippen molar-refractivity contribution in [3.05, 3.63) is 64.2 Å². The molecule has 25 heavy (non-hydrogen) atoms. The lowest BCUT2D eigenvalue weighted by atomic mass is 9.95. The predicted molar refractivity (Wildman–Crippen MR) is 95.6 cm³/mol. The van der Waals surface area contributed by atoms with Gasteiger partial charge < -0.3 is 10.6 Å². The van der Waals surface area contributed by atoms with Gasteiger partial charge in [0.05, 0.1) is 4.92 Å². The SMILES string of the molecule is CC(C)(C)C(=O)Nc1cccc(NC(=O)c2cccc([N+](=O)[O-])c2)c1. The second-order valence-corrected chi connectivity index (χ2v) is 6.55. The maximum Gasteiger partial charge on any atom is 0.270 e. The number of nitro benzene ring substituents is 1. The van der Waals surface area contributed by atoms with Gasteiger partial charge in [-0.1, -0.05) is 32.9 Å². The summed E-state index contributed by atoms with van der Waals surface area (Å²) >= 11 is 0. The van der Waals surface area contributed by atoms with Crippen LogP contribution in [-0.2, 0) is 4.79 Å². The van der Waals surface area contributed by atoms with Gasteiger partial charge in [-0.05, 0) is 24.3 Å². The van der Waals surface area contributed by atoms with E-state index in [1.165, 1.54) is 24.3 Å². The number of nitrogens with one attached hydrogen (secondary N) is 2. The number of hydrogen-bond acceptors (Lipinski definition) is 4. The Hall–Kier alpha value is -3.22. The van der Waals surface area contributed by atoms with Crippen LogP contribution in [0.2, 0.25) is 0 Å². The molecule has 2 aromatic carbocycles. The van der Waals surface area contributed by atoms with Crippen molar-refractivity contribution in [2.45, 2.75) is 20.8 Å². The van der Waals surface area contributed by atoms with Crippen molar-refractivity contribution in [1.29, 1.82) is 0 Å². The van der Waals surface area contributed by atoms with E-state index in [-0.39, 0.29) is 17.2 Å². The average molecular weight is 341 g/mol. The number of benzene rings is 2. The third-order valence-electron chi connectivity index (χ3n) is 3.38. The number of nitro groups is 1. The van der Waals surface area contributed by atoms with Gasteiger partial charge in [0.15, 0.2) is 0 Å². The van der Waals surface area contributed by atoms with Crippen LogP contribution >= 0.6 is 0 Å². The summed E-state index contributed by atoms with van der Waals surface area (Å²) in [7, 11) is 0. The third-order valence-corrected chi connectivity index (χ3v) is 3.38. The Kier molecular flexibility index (Phi) is 5.17. The van der Waals surface area contributed by atoms with E-state index in [0.717, 1.165) is 0 Å². The van der Waals surface area contributed by atoms with Crippen LogP contribution in [0.5, 0.6) is 0 Å². The van der Waals surface area contributed by atoms with E-state index in [2.05, 4.69) is 10.6 Å². The normalized spacial score (nSPS) is 10.8. The zero-order valence-corrected chi connectivity index (χ0v) is 14.2. The summed E-state index contributed by atoms with van der Waals surface area (Å²) in [6.45, 7) is 5.41. The fourth-order valence-corrected chi connectivity index (χ4v) is 1.96. The first-order valence-electron chi connectivity index (χ1n) is 7.64. The Morgan fingerprint density at radius 2 is 1.56 bits per heavy atom. The molecule has 0 unspecified atom stereocenters. The van der Waals surface area contributed by atoms with E-state index >= 15 is 0 Å². The zero-order valence-electron chi connectivity index (χ0n) is 14.2. The maximum absolute atomic E-state index is 12.3. The lowest BCUT2D eigenvalue weighted by Gasteiger charge is -2.18. The molecule has 2 N–H and O–H groups in total. The van der Waals surface area contributed by atoms with Crippen molar-refractivity contribution in [2.24, 2.45) is 5.41 Å². The molecule has 0 saturated carbocycles. The van der Waals surface area contributed by atoms with Crippen LogP contribution in [-0.4, -0.2) is 16.7 Å². The Balaban J connectivity index is 2.14. The van der Waals surface area contributed by atoms with Crippen LogP contribution in [0.15, 0.2) is 48.5 Å². The molecule has 2 aromatic rings. The molecule has 0 aliphatic rings. The molecule has 0 fully saturated rings. The number of rotatable bonds is 4. The topological polar surface area (TPSA) is 101 Å². The first-order valence-corrected chi connectivity index (χ1v) is 7.64. The van der Waals surface area contributed by atoms with E-state index < -0.39 is 16.2 Å². The minimum atomic E-state index is -0.556. The van der Waals surface area contributed by atoms with Gasteiger partial charge in [0.1, 0.15) is 0 Å². The molecule has 0 aliphatic carbocycles. The molecule has 2 amide bonds. The summed E-state index contributed by atoms with van der Waals surface area (Å²) in [5.41, 5.74) is 0.513. The quantitative estimate of drug-likeness (QED) is 0.651. The van der Waals surface area contributed by atoms with Crippen LogP contribution < -0.4 is 10.6 Å². The van der Waals surface area contributed by atoms with Crippen LogP contribution in [0.1, 0.15) is 31.1 Å². The van der Waals surface area contributed by atoms with E-state index in [9.17, 15) is 19.7 Å². The largest absolute Gasteiger partial charge is 0.326 e. The lowest BCUT2D eigenvalue weighted by Crippen LogP contribution is -2.27. The van der Waals surface area contributed by atoms with Gasteiger partial charge in [-0.2, -0.15) is 0 Å². The van der Waals surface area contributed by atoms with Crippen molar-refractivity contribution < 1.29 is 14.5 Å². The highest BCUT2D eigenvalue weighted by Crippen LogP contribution is 2.21. The minimum absolute atomic E-state index is 0.144. The molecule has 0 aliphatic heterocycles. The number of anilines is 2. The van der Waals surface area contributed by atoms with Crippen LogP contribution in [0.4, 0.5) is 17.1 Å². The Labute approximate surface area is 145 Å². The van der Waals surface area contributed by atoms with Gasteiger partial charge in [-0.3, -0.25) is 19.7 Å². The number of nitrogens with zero attached hydrogens (tertiary/aromatic N) is 1. The van der Waals surface area contributed by atoms with Crippen molar-refractivity contribution in [1.82, 2.24) is 0 Å². The van der Waals surface area contributed by atoms with Crippen molar-refractivity contribution in [2.75, 3.05) is 10.6 Å². The Bertz CT molecular complexity index is 825. The molecular weight excluding hydrogens is 322 g/mol. The van der Waals surface area contributed by atoms with Gasteiger partial charge in [0.25, 0.3) is 11.6 Å².